The van der Waals surface area contributed by atoms with E-state index in [1.54, 1.807) is 6.20 Å². The van der Waals surface area contributed by atoms with Crippen LogP contribution in [0.1, 0.15) is 44.7 Å². The molecule has 2 fully saturated rings. The maximum atomic E-state index is 13.4. The number of nitrogens with zero attached hydrogens (tertiary/aromatic N) is 2. The summed E-state index contributed by atoms with van der Waals surface area (Å²) in [6, 6.07) is 0. The van der Waals surface area contributed by atoms with Crippen molar-refractivity contribution in [2.45, 2.75) is 51.6 Å². The van der Waals surface area contributed by atoms with Gasteiger partial charge in [-0.15, -0.1) is 0 Å². The Hall–Kier alpha value is -1.39. The van der Waals surface area contributed by atoms with Gasteiger partial charge in [-0.25, -0.2) is 9.37 Å². The van der Waals surface area contributed by atoms with Gasteiger partial charge in [-0.1, -0.05) is 6.92 Å². The molecule has 2 aliphatic rings. The third kappa shape index (κ3) is 2.45. The van der Waals surface area contributed by atoms with E-state index in [1.807, 2.05) is 6.92 Å². The molecule has 1 aromatic rings. The van der Waals surface area contributed by atoms with Gasteiger partial charge in [-0.3, -0.25) is 4.79 Å². The average molecular weight is 279 g/mol. The van der Waals surface area contributed by atoms with Gasteiger partial charge in [0.05, 0.1) is 0 Å². The molecule has 3 rings (SSSR count). The van der Waals surface area contributed by atoms with Crippen LogP contribution in [0.5, 0.6) is 0 Å². The molecule has 1 unspecified atom stereocenters. The van der Waals surface area contributed by atoms with Crippen LogP contribution in [0, 0.1) is 5.41 Å². The van der Waals surface area contributed by atoms with E-state index in [0.29, 0.717) is 18.7 Å². The van der Waals surface area contributed by atoms with E-state index >= 15 is 0 Å². The monoisotopic (exact) mass is 279 g/mol. The van der Waals surface area contributed by atoms with Gasteiger partial charge in [0, 0.05) is 25.0 Å². The molecule has 1 saturated carbocycles. The highest BCUT2D eigenvalue weighted by molar-refractivity contribution is 5.36. The van der Waals surface area contributed by atoms with Crippen LogP contribution in [-0.4, -0.2) is 29.2 Å². The summed E-state index contributed by atoms with van der Waals surface area (Å²) in [5.41, 5.74) is 0.949. The number of H-pyrrole nitrogens is 1. The molecule has 1 saturated heterocycles. The van der Waals surface area contributed by atoms with E-state index in [1.165, 1.54) is 0 Å². The summed E-state index contributed by atoms with van der Waals surface area (Å²) in [5.74, 6) is 0.520. The van der Waals surface area contributed by atoms with Crippen molar-refractivity contribution in [2.75, 3.05) is 18.0 Å². The van der Waals surface area contributed by atoms with Crippen molar-refractivity contribution in [3.05, 3.63) is 22.2 Å². The Morgan fingerprint density at radius 1 is 1.45 bits per heavy atom. The summed E-state index contributed by atoms with van der Waals surface area (Å²) in [5, 5.41) is 0. The van der Waals surface area contributed by atoms with E-state index in [4.69, 9.17) is 0 Å². The Kier molecular flexibility index (Phi) is 3.52. The van der Waals surface area contributed by atoms with Crippen LogP contribution in [0.3, 0.4) is 0 Å². The molecule has 1 aromatic heterocycles. The largest absolute Gasteiger partial charge is 0.352 e. The van der Waals surface area contributed by atoms with Gasteiger partial charge in [-0.2, -0.15) is 0 Å². The van der Waals surface area contributed by atoms with Crippen molar-refractivity contribution in [3.63, 3.8) is 0 Å². The first-order chi connectivity index (χ1) is 9.62. The maximum absolute atomic E-state index is 13.4. The molecule has 4 nitrogen and oxygen atoms in total. The average Bonchev–Trinajstić information content (AvgIpc) is 2.81. The number of halogens is 1. The Morgan fingerprint density at radius 2 is 2.20 bits per heavy atom. The highest BCUT2D eigenvalue weighted by atomic mass is 19.1. The van der Waals surface area contributed by atoms with Crippen LogP contribution in [0.2, 0.25) is 0 Å². The number of rotatable bonds is 2. The van der Waals surface area contributed by atoms with Gasteiger partial charge in [-0.05, 0) is 43.9 Å². The fourth-order valence-corrected chi connectivity index (χ4v) is 3.62. The molecule has 0 radical (unpaired) electrons. The molecule has 1 spiro atoms. The van der Waals surface area contributed by atoms with Gasteiger partial charge < -0.3 is 9.88 Å². The fraction of sp³-hybridized carbons (Fsp3) is 0.733. The highest BCUT2D eigenvalue weighted by Crippen LogP contribution is 2.47. The molecule has 2 heterocycles. The van der Waals surface area contributed by atoms with Crippen molar-refractivity contribution in [2.24, 2.45) is 5.41 Å². The van der Waals surface area contributed by atoms with Crippen molar-refractivity contribution in [1.29, 1.82) is 0 Å². The molecule has 20 heavy (non-hydrogen) atoms. The molecule has 1 N–H and O–H groups in total. The first-order valence-corrected chi connectivity index (χ1v) is 7.59. The number of piperidine rings is 1. The van der Waals surface area contributed by atoms with Crippen LogP contribution in [-0.2, 0) is 6.42 Å². The second kappa shape index (κ2) is 5.19. The first kappa shape index (κ1) is 13.6. The predicted octanol–water partition coefficient (Wildman–Crippen LogP) is 2.44. The number of aromatic nitrogens is 2. The molecule has 110 valence electrons. The van der Waals surface area contributed by atoms with Gasteiger partial charge >= 0.3 is 0 Å². The minimum atomic E-state index is -0.619. The van der Waals surface area contributed by atoms with Crippen molar-refractivity contribution < 1.29 is 4.39 Å². The molecular weight excluding hydrogens is 257 g/mol. The summed E-state index contributed by atoms with van der Waals surface area (Å²) in [6.45, 7) is 3.62. The number of hydrogen-bond donors (Lipinski definition) is 1. The Morgan fingerprint density at radius 3 is 2.75 bits per heavy atom. The first-order valence-electron chi connectivity index (χ1n) is 7.59. The van der Waals surface area contributed by atoms with Crippen molar-refractivity contribution in [3.8, 4) is 0 Å². The van der Waals surface area contributed by atoms with Gasteiger partial charge in [0.2, 0.25) is 0 Å². The summed E-state index contributed by atoms with van der Waals surface area (Å²) < 4.78 is 13.4. The molecule has 0 aromatic carbocycles. The summed E-state index contributed by atoms with van der Waals surface area (Å²) >= 11 is 0. The lowest BCUT2D eigenvalue weighted by Crippen LogP contribution is -2.42. The van der Waals surface area contributed by atoms with Crippen molar-refractivity contribution >= 4 is 5.82 Å². The highest BCUT2D eigenvalue weighted by Gasteiger charge is 2.41. The number of aryl methyl sites for hydroxylation is 1. The molecule has 1 aliphatic heterocycles. The Balaban J connectivity index is 1.71. The normalized spacial score (nSPS) is 25.3. The maximum Gasteiger partial charge on any atom is 0.291 e. The lowest BCUT2D eigenvalue weighted by molar-refractivity contribution is 0.203. The zero-order valence-electron chi connectivity index (χ0n) is 12.0. The zero-order valence-corrected chi connectivity index (χ0v) is 12.0. The quantitative estimate of drug-likeness (QED) is 0.904. The number of alkyl halides is 1. The second-order valence-corrected chi connectivity index (χ2v) is 6.24. The van der Waals surface area contributed by atoms with Crippen LogP contribution in [0.15, 0.2) is 11.0 Å². The topological polar surface area (TPSA) is 49.0 Å². The Bertz CT molecular complexity index is 534. The summed E-state index contributed by atoms with van der Waals surface area (Å²) in [4.78, 5) is 21.3. The van der Waals surface area contributed by atoms with E-state index in [9.17, 15) is 9.18 Å². The molecular formula is C15H22FN3O. The van der Waals surface area contributed by atoms with Gasteiger partial charge in [0.25, 0.3) is 5.56 Å². The van der Waals surface area contributed by atoms with E-state index in [0.717, 1.165) is 44.5 Å². The van der Waals surface area contributed by atoms with Gasteiger partial charge in [0.15, 0.2) is 5.82 Å². The molecule has 0 amide bonds. The smallest absolute Gasteiger partial charge is 0.291 e. The van der Waals surface area contributed by atoms with E-state index in [-0.39, 0.29) is 11.0 Å². The minimum absolute atomic E-state index is 0.102. The fourth-order valence-electron chi connectivity index (χ4n) is 3.62. The van der Waals surface area contributed by atoms with Crippen LogP contribution >= 0.6 is 0 Å². The lowest BCUT2D eigenvalue weighted by atomic mass is 9.77. The number of hydrogen-bond acceptors (Lipinski definition) is 3. The molecule has 5 heteroatoms. The molecule has 0 bridgehead atoms. The minimum Gasteiger partial charge on any atom is -0.352 e. The third-order valence-electron chi connectivity index (χ3n) is 4.97. The van der Waals surface area contributed by atoms with E-state index < -0.39 is 6.17 Å². The molecule has 1 aliphatic carbocycles. The van der Waals surface area contributed by atoms with Crippen molar-refractivity contribution in [1.82, 2.24) is 9.97 Å². The standard InChI is InChI=1S/C15H22FN3O/c1-2-12-10-17-13(14(20)18-12)19-7-5-15(6-8-19)4-3-11(16)9-15/h10-11H,2-9H2,1H3,(H,18,20). The number of anilines is 1. The molecule has 1 atom stereocenters. The number of aromatic amines is 1. The zero-order chi connectivity index (χ0) is 14.2. The van der Waals surface area contributed by atoms with E-state index in [2.05, 4.69) is 14.9 Å². The van der Waals surface area contributed by atoms with Crippen LogP contribution < -0.4 is 10.5 Å². The lowest BCUT2D eigenvalue weighted by Gasteiger charge is -2.39. The Labute approximate surface area is 118 Å². The predicted molar refractivity (Wildman–Crippen MR) is 76.9 cm³/mol. The summed E-state index contributed by atoms with van der Waals surface area (Å²) in [7, 11) is 0. The van der Waals surface area contributed by atoms with Crippen LogP contribution in [0.4, 0.5) is 10.2 Å². The third-order valence-corrected chi connectivity index (χ3v) is 4.97. The second-order valence-electron chi connectivity index (χ2n) is 6.24. The van der Waals surface area contributed by atoms with Crippen LogP contribution in [0.25, 0.3) is 0 Å². The number of nitrogens with one attached hydrogen (secondary N) is 1. The summed E-state index contributed by atoms with van der Waals surface area (Å²) in [6.07, 6.45) is 6.28. The SMILES string of the molecule is CCc1cnc(N2CCC3(CCC(F)C3)CC2)c(=O)[nH]1. The van der Waals surface area contributed by atoms with Gasteiger partial charge in [0.1, 0.15) is 6.17 Å².